The van der Waals surface area contributed by atoms with Crippen molar-refractivity contribution in [3.63, 3.8) is 0 Å². The van der Waals surface area contributed by atoms with Crippen LogP contribution in [0.25, 0.3) is 16.9 Å². The van der Waals surface area contributed by atoms with Crippen LogP contribution in [0.3, 0.4) is 0 Å². The van der Waals surface area contributed by atoms with Crippen molar-refractivity contribution in [2.24, 2.45) is 5.92 Å². The van der Waals surface area contributed by atoms with E-state index in [9.17, 15) is 4.79 Å². The Morgan fingerprint density at radius 3 is 2.94 bits per heavy atom. The molecule has 2 fully saturated rings. The molecular formula is C22H20ClN7O2. The fraction of sp³-hybridized carbons (Fsp3) is 0.318. The summed E-state index contributed by atoms with van der Waals surface area (Å²) in [5.74, 6) is 0.928. The number of rotatable bonds is 3. The van der Waals surface area contributed by atoms with E-state index in [0.29, 0.717) is 40.5 Å². The molecule has 0 radical (unpaired) electrons. The number of amides is 1. The number of aromatic nitrogens is 5. The summed E-state index contributed by atoms with van der Waals surface area (Å²) in [6.45, 7) is 4.15. The van der Waals surface area contributed by atoms with Crippen LogP contribution in [-0.2, 0) is 0 Å². The number of aryl methyl sites for hydroxylation is 1. The van der Waals surface area contributed by atoms with Gasteiger partial charge in [0.05, 0.1) is 24.0 Å². The zero-order chi connectivity index (χ0) is 21.8. The fourth-order valence-corrected chi connectivity index (χ4v) is 4.75. The zero-order valence-electron chi connectivity index (χ0n) is 17.3. The quantitative estimate of drug-likeness (QED) is 0.474. The van der Waals surface area contributed by atoms with E-state index in [0.717, 1.165) is 30.7 Å². The first kappa shape index (κ1) is 19.2. The van der Waals surface area contributed by atoms with E-state index < -0.39 is 0 Å². The highest BCUT2D eigenvalue weighted by Crippen LogP contribution is 2.36. The van der Waals surface area contributed by atoms with Crippen LogP contribution in [0.4, 0.5) is 6.01 Å². The van der Waals surface area contributed by atoms with E-state index in [2.05, 4.69) is 25.2 Å². The molecule has 2 atom stereocenters. The molecule has 9 nitrogen and oxygen atoms in total. The van der Waals surface area contributed by atoms with Crippen LogP contribution in [0.2, 0.25) is 5.02 Å². The van der Waals surface area contributed by atoms with Crippen LogP contribution >= 0.6 is 11.6 Å². The SMILES string of the molecule is Cc1ccc(C(=O)N2CC3CCN(c4nc5ccc(Cl)cc5o4)CC32)c(-n2ccnn2)n1. The van der Waals surface area contributed by atoms with E-state index >= 15 is 0 Å². The third kappa shape index (κ3) is 3.12. The van der Waals surface area contributed by atoms with Gasteiger partial charge in [-0.25, -0.2) is 9.67 Å². The molecule has 2 saturated heterocycles. The maximum Gasteiger partial charge on any atom is 0.298 e. The van der Waals surface area contributed by atoms with E-state index in [-0.39, 0.29) is 11.9 Å². The normalized spacial score (nSPS) is 20.3. The summed E-state index contributed by atoms with van der Waals surface area (Å²) in [5, 5.41) is 8.50. The number of halogens is 1. The average Bonchev–Trinajstić information content (AvgIpc) is 3.44. The lowest BCUT2D eigenvalue weighted by atomic mass is 9.82. The molecule has 0 aliphatic carbocycles. The maximum atomic E-state index is 13.5. The van der Waals surface area contributed by atoms with Gasteiger partial charge >= 0.3 is 0 Å². The Balaban J connectivity index is 1.26. The highest BCUT2D eigenvalue weighted by molar-refractivity contribution is 6.31. The summed E-state index contributed by atoms with van der Waals surface area (Å²) in [5.41, 5.74) is 2.78. The Bertz CT molecular complexity index is 1320. The molecule has 162 valence electrons. The number of benzene rings is 1. The number of hydrogen-bond acceptors (Lipinski definition) is 7. The largest absolute Gasteiger partial charge is 0.423 e. The lowest BCUT2D eigenvalue weighted by Crippen LogP contribution is -2.65. The van der Waals surface area contributed by atoms with Crippen LogP contribution in [0.15, 0.2) is 47.1 Å². The van der Waals surface area contributed by atoms with Crippen molar-refractivity contribution in [1.29, 1.82) is 0 Å². The van der Waals surface area contributed by atoms with Crippen molar-refractivity contribution >= 4 is 34.6 Å². The molecule has 2 unspecified atom stereocenters. The number of fused-ring (bicyclic) bond motifs is 2. The van der Waals surface area contributed by atoms with E-state index in [1.807, 2.05) is 30.0 Å². The zero-order valence-corrected chi connectivity index (χ0v) is 18.1. The van der Waals surface area contributed by atoms with Gasteiger partial charge in [-0.15, -0.1) is 5.10 Å². The van der Waals surface area contributed by atoms with Crippen molar-refractivity contribution in [1.82, 2.24) is 29.9 Å². The monoisotopic (exact) mass is 449 g/mol. The van der Waals surface area contributed by atoms with Crippen LogP contribution < -0.4 is 4.90 Å². The van der Waals surface area contributed by atoms with Crippen LogP contribution in [0.5, 0.6) is 0 Å². The second kappa shape index (κ2) is 7.30. The summed E-state index contributed by atoms with van der Waals surface area (Å²) < 4.78 is 7.49. The Morgan fingerprint density at radius 2 is 2.09 bits per heavy atom. The van der Waals surface area contributed by atoms with Gasteiger partial charge in [0.1, 0.15) is 5.52 Å². The predicted octanol–water partition coefficient (Wildman–Crippen LogP) is 3.12. The molecule has 0 N–H and O–H groups in total. The van der Waals surface area contributed by atoms with E-state index in [4.69, 9.17) is 16.0 Å². The third-order valence-electron chi connectivity index (χ3n) is 6.31. The first-order valence-electron chi connectivity index (χ1n) is 10.5. The minimum absolute atomic E-state index is 0.0459. The Morgan fingerprint density at radius 1 is 1.19 bits per heavy atom. The van der Waals surface area contributed by atoms with Gasteiger partial charge in [-0.3, -0.25) is 4.79 Å². The summed E-state index contributed by atoms with van der Waals surface area (Å²) in [7, 11) is 0. The van der Waals surface area contributed by atoms with Crippen molar-refractivity contribution in [2.45, 2.75) is 19.4 Å². The summed E-state index contributed by atoms with van der Waals surface area (Å²) in [6.07, 6.45) is 4.25. The molecule has 10 heteroatoms. The number of oxazole rings is 1. The molecule has 2 aliphatic heterocycles. The minimum atomic E-state index is -0.0459. The molecule has 0 saturated carbocycles. The first-order valence-corrected chi connectivity index (χ1v) is 10.9. The van der Waals surface area contributed by atoms with Crippen molar-refractivity contribution < 1.29 is 9.21 Å². The Hall–Kier alpha value is -3.46. The number of carbonyl (C=O) groups excluding carboxylic acids is 1. The second-order valence-corrected chi connectivity index (χ2v) is 8.74. The molecule has 3 aromatic heterocycles. The lowest BCUT2D eigenvalue weighted by molar-refractivity contribution is 0.00723. The molecular weight excluding hydrogens is 430 g/mol. The Kier molecular flexibility index (Phi) is 4.39. The second-order valence-electron chi connectivity index (χ2n) is 8.30. The lowest BCUT2D eigenvalue weighted by Gasteiger charge is -2.53. The molecule has 0 bridgehead atoms. The summed E-state index contributed by atoms with van der Waals surface area (Å²) in [4.78, 5) is 26.7. The van der Waals surface area contributed by atoms with Crippen LogP contribution in [0, 0.1) is 12.8 Å². The average molecular weight is 450 g/mol. The number of likely N-dealkylation sites (tertiary alicyclic amines) is 1. The number of carbonyl (C=O) groups is 1. The van der Waals surface area contributed by atoms with Gasteiger partial charge in [0.2, 0.25) is 0 Å². The molecule has 5 heterocycles. The van der Waals surface area contributed by atoms with Crippen molar-refractivity contribution in [3.8, 4) is 5.82 Å². The minimum Gasteiger partial charge on any atom is -0.423 e. The first-order chi connectivity index (χ1) is 15.6. The summed E-state index contributed by atoms with van der Waals surface area (Å²) >= 11 is 6.08. The number of hydrogen-bond donors (Lipinski definition) is 0. The van der Waals surface area contributed by atoms with Crippen LogP contribution in [-0.4, -0.2) is 61.4 Å². The molecule has 4 aromatic rings. The topological polar surface area (TPSA) is 93.2 Å². The maximum absolute atomic E-state index is 13.5. The van der Waals surface area contributed by atoms with Gasteiger partial charge in [-0.1, -0.05) is 16.8 Å². The summed E-state index contributed by atoms with van der Waals surface area (Å²) in [6, 6.07) is 9.76. The van der Waals surface area contributed by atoms with Gasteiger partial charge in [0.25, 0.3) is 11.9 Å². The van der Waals surface area contributed by atoms with Crippen molar-refractivity contribution in [3.05, 3.63) is 59.0 Å². The standard InChI is InChI=1S/C22H20ClN7O2/c1-13-2-4-16(20(25-13)30-9-7-24-27-30)21(31)29-11-14-6-8-28(12-18(14)29)22-26-17-5-3-15(23)10-19(17)32-22/h2-5,7,9-10,14,18H,6,8,11-12H2,1H3. The highest BCUT2D eigenvalue weighted by atomic mass is 35.5. The third-order valence-corrected chi connectivity index (χ3v) is 6.54. The molecule has 1 amide bonds. The molecule has 0 spiro atoms. The number of nitrogens with zero attached hydrogens (tertiary/aromatic N) is 7. The smallest absolute Gasteiger partial charge is 0.298 e. The molecule has 6 rings (SSSR count). The number of pyridine rings is 1. The van der Waals surface area contributed by atoms with Gasteiger partial charge in [-0.05, 0) is 37.6 Å². The van der Waals surface area contributed by atoms with Gasteiger partial charge in [0.15, 0.2) is 11.4 Å². The number of anilines is 1. The molecule has 32 heavy (non-hydrogen) atoms. The number of piperidine rings is 1. The Labute approximate surface area is 188 Å². The van der Waals surface area contributed by atoms with Gasteiger partial charge in [-0.2, -0.15) is 4.98 Å². The van der Waals surface area contributed by atoms with Gasteiger partial charge in [0, 0.05) is 42.3 Å². The fourth-order valence-electron chi connectivity index (χ4n) is 4.59. The van der Waals surface area contributed by atoms with Gasteiger partial charge < -0.3 is 14.2 Å². The van der Waals surface area contributed by atoms with Crippen molar-refractivity contribution in [2.75, 3.05) is 24.5 Å². The van der Waals surface area contributed by atoms with E-state index in [1.165, 1.54) is 4.68 Å². The molecule has 1 aromatic carbocycles. The van der Waals surface area contributed by atoms with Crippen LogP contribution in [0.1, 0.15) is 22.5 Å². The molecule has 2 aliphatic rings. The predicted molar refractivity (Wildman–Crippen MR) is 118 cm³/mol. The van der Waals surface area contributed by atoms with E-state index in [1.54, 1.807) is 24.5 Å². The highest BCUT2D eigenvalue weighted by Gasteiger charge is 2.46.